The lowest BCUT2D eigenvalue weighted by Crippen LogP contribution is -2.29. The highest BCUT2D eigenvalue weighted by Gasteiger charge is 2.13. The largest absolute Gasteiger partial charge is 0.308 e. The highest BCUT2D eigenvalue weighted by Crippen LogP contribution is 2.12. The van der Waals surface area contributed by atoms with Crippen molar-refractivity contribution < 1.29 is 0 Å². The lowest BCUT2D eigenvalue weighted by atomic mass is 10.2. The molecule has 0 saturated carbocycles. The van der Waals surface area contributed by atoms with Crippen molar-refractivity contribution in [1.29, 1.82) is 0 Å². The average molecular weight is 259 g/mol. The molecule has 102 valence electrons. The molecule has 4 heteroatoms. The SMILES string of the molecule is CCCCNC(C)c1nc2ccccc2c(=O)n1C. The van der Waals surface area contributed by atoms with Crippen LogP contribution < -0.4 is 10.9 Å². The fourth-order valence-corrected chi connectivity index (χ4v) is 2.21. The van der Waals surface area contributed by atoms with Crippen molar-refractivity contribution in [2.75, 3.05) is 6.54 Å². The maximum atomic E-state index is 12.3. The number of hydrogen-bond donors (Lipinski definition) is 1. The molecule has 0 spiro atoms. The van der Waals surface area contributed by atoms with Crippen molar-refractivity contribution in [1.82, 2.24) is 14.9 Å². The molecule has 1 N–H and O–H groups in total. The Balaban J connectivity index is 2.38. The van der Waals surface area contributed by atoms with Crippen molar-refractivity contribution in [3.05, 3.63) is 40.4 Å². The molecule has 4 nitrogen and oxygen atoms in total. The Morgan fingerprint density at radius 1 is 1.37 bits per heavy atom. The molecule has 2 aromatic rings. The highest BCUT2D eigenvalue weighted by molar-refractivity contribution is 5.77. The third-order valence-electron chi connectivity index (χ3n) is 3.39. The molecule has 1 atom stereocenters. The van der Waals surface area contributed by atoms with E-state index in [0.29, 0.717) is 5.39 Å². The highest BCUT2D eigenvalue weighted by atomic mass is 16.1. The Morgan fingerprint density at radius 3 is 2.84 bits per heavy atom. The minimum atomic E-state index is 0.0183. The number of hydrogen-bond acceptors (Lipinski definition) is 3. The van der Waals surface area contributed by atoms with E-state index in [1.807, 2.05) is 31.2 Å². The number of fused-ring (bicyclic) bond motifs is 1. The van der Waals surface area contributed by atoms with Gasteiger partial charge < -0.3 is 5.32 Å². The maximum absolute atomic E-state index is 12.3. The van der Waals surface area contributed by atoms with Gasteiger partial charge in [0, 0.05) is 7.05 Å². The summed E-state index contributed by atoms with van der Waals surface area (Å²) in [6, 6.07) is 7.57. The van der Waals surface area contributed by atoms with Gasteiger partial charge in [-0.15, -0.1) is 0 Å². The number of nitrogens with zero attached hydrogens (tertiary/aromatic N) is 2. The molecule has 1 aromatic carbocycles. The van der Waals surface area contributed by atoms with Gasteiger partial charge in [0.15, 0.2) is 0 Å². The Kier molecular flexibility index (Phi) is 4.32. The predicted molar refractivity (Wildman–Crippen MR) is 78.3 cm³/mol. The third-order valence-corrected chi connectivity index (χ3v) is 3.39. The normalized spacial score (nSPS) is 12.8. The molecule has 2 rings (SSSR count). The fraction of sp³-hybridized carbons (Fsp3) is 0.467. The van der Waals surface area contributed by atoms with Crippen LogP contribution in [0.3, 0.4) is 0 Å². The molecule has 0 radical (unpaired) electrons. The van der Waals surface area contributed by atoms with E-state index in [4.69, 9.17) is 0 Å². The molecule has 0 fully saturated rings. The van der Waals surface area contributed by atoms with E-state index in [9.17, 15) is 4.79 Å². The number of para-hydroxylation sites is 1. The second-order valence-corrected chi connectivity index (χ2v) is 4.88. The van der Waals surface area contributed by atoms with E-state index in [1.165, 1.54) is 0 Å². The number of unbranched alkanes of at least 4 members (excludes halogenated alkanes) is 1. The van der Waals surface area contributed by atoms with Crippen molar-refractivity contribution >= 4 is 10.9 Å². The monoisotopic (exact) mass is 259 g/mol. The molecule has 19 heavy (non-hydrogen) atoms. The Labute approximate surface area is 113 Å². The molecule has 0 bridgehead atoms. The van der Waals surface area contributed by atoms with E-state index in [1.54, 1.807) is 11.6 Å². The zero-order valence-electron chi connectivity index (χ0n) is 11.8. The third kappa shape index (κ3) is 2.84. The Bertz CT molecular complexity index is 618. The molecule has 0 saturated heterocycles. The van der Waals surface area contributed by atoms with E-state index in [0.717, 1.165) is 30.7 Å². The minimum Gasteiger partial charge on any atom is -0.308 e. The minimum absolute atomic E-state index is 0.0183. The van der Waals surface area contributed by atoms with Crippen LogP contribution >= 0.6 is 0 Å². The molecule has 0 aliphatic heterocycles. The van der Waals surface area contributed by atoms with E-state index in [-0.39, 0.29) is 11.6 Å². The van der Waals surface area contributed by atoms with Crippen molar-refractivity contribution in [3.63, 3.8) is 0 Å². The Hall–Kier alpha value is -1.68. The number of rotatable bonds is 5. The lowest BCUT2D eigenvalue weighted by Gasteiger charge is -2.17. The van der Waals surface area contributed by atoms with Crippen LogP contribution in [-0.2, 0) is 7.05 Å². The first-order valence-corrected chi connectivity index (χ1v) is 6.84. The van der Waals surface area contributed by atoms with Crippen LogP contribution in [0.15, 0.2) is 29.1 Å². The van der Waals surface area contributed by atoms with Crippen molar-refractivity contribution in [2.24, 2.45) is 7.05 Å². The maximum Gasteiger partial charge on any atom is 0.261 e. The van der Waals surface area contributed by atoms with Crippen LogP contribution in [0.4, 0.5) is 0 Å². The standard InChI is InChI=1S/C15H21N3O/c1-4-5-10-16-11(2)14-17-13-9-7-6-8-12(13)15(19)18(14)3/h6-9,11,16H,4-5,10H2,1-3H3. The van der Waals surface area contributed by atoms with Gasteiger partial charge in [-0.1, -0.05) is 25.5 Å². The van der Waals surface area contributed by atoms with Gasteiger partial charge in [0.25, 0.3) is 5.56 Å². The molecule has 0 aliphatic rings. The van der Waals surface area contributed by atoms with Crippen LogP contribution in [-0.4, -0.2) is 16.1 Å². The smallest absolute Gasteiger partial charge is 0.261 e. The van der Waals surface area contributed by atoms with Gasteiger partial charge in [0.2, 0.25) is 0 Å². The first kappa shape index (κ1) is 13.7. The summed E-state index contributed by atoms with van der Waals surface area (Å²) in [5, 5.41) is 4.09. The average Bonchev–Trinajstić information content (AvgIpc) is 2.43. The first-order chi connectivity index (χ1) is 9.15. The van der Waals surface area contributed by atoms with Gasteiger partial charge in [0.05, 0.1) is 16.9 Å². The summed E-state index contributed by atoms with van der Waals surface area (Å²) in [7, 11) is 1.79. The topological polar surface area (TPSA) is 46.9 Å². The molecular formula is C15H21N3O. The summed E-state index contributed by atoms with van der Waals surface area (Å²) >= 11 is 0. The molecule has 1 heterocycles. The number of benzene rings is 1. The van der Waals surface area contributed by atoms with Crippen LogP contribution in [0, 0.1) is 0 Å². The summed E-state index contributed by atoms with van der Waals surface area (Å²) in [5.74, 6) is 0.791. The second kappa shape index (κ2) is 5.97. The van der Waals surface area contributed by atoms with Gasteiger partial charge in [-0.3, -0.25) is 9.36 Å². The summed E-state index contributed by atoms with van der Waals surface area (Å²) in [5.41, 5.74) is 0.787. The quantitative estimate of drug-likeness (QED) is 0.839. The zero-order chi connectivity index (χ0) is 13.8. The van der Waals surface area contributed by atoms with Gasteiger partial charge in [0.1, 0.15) is 5.82 Å². The van der Waals surface area contributed by atoms with Crippen LogP contribution in [0.1, 0.15) is 38.6 Å². The van der Waals surface area contributed by atoms with Gasteiger partial charge in [-0.25, -0.2) is 4.98 Å². The van der Waals surface area contributed by atoms with E-state index in [2.05, 4.69) is 17.2 Å². The number of nitrogens with one attached hydrogen (secondary N) is 1. The van der Waals surface area contributed by atoms with Gasteiger partial charge in [-0.2, -0.15) is 0 Å². The number of aromatic nitrogens is 2. The molecule has 1 aromatic heterocycles. The summed E-state index contributed by atoms with van der Waals surface area (Å²) in [6.45, 7) is 5.16. The first-order valence-electron chi connectivity index (χ1n) is 6.84. The second-order valence-electron chi connectivity index (χ2n) is 4.88. The summed E-state index contributed by atoms with van der Waals surface area (Å²) in [6.07, 6.45) is 2.29. The molecular weight excluding hydrogens is 238 g/mol. The molecule has 1 unspecified atom stereocenters. The van der Waals surface area contributed by atoms with Crippen molar-refractivity contribution in [3.8, 4) is 0 Å². The van der Waals surface area contributed by atoms with Gasteiger partial charge in [-0.05, 0) is 32.0 Å². The van der Waals surface area contributed by atoms with Gasteiger partial charge >= 0.3 is 0 Å². The zero-order valence-corrected chi connectivity index (χ0v) is 11.8. The fourth-order valence-electron chi connectivity index (χ4n) is 2.21. The van der Waals surface area contributed by atoms with Crippen LogP contribution in [0.2, 0.25) is 0 Å². The van der Waals surface area contributed by atoms with Crippen LogP contribution in [0.25, 0.3) is 10.9 Å². The van der Waals surface area contributed by atoms with E-state index >= 15 is 0 Å². The molecule has 0 amide bonds. The lowest BCUT2D eigenvalue weighted by molar-refractivity contribution is 0.510. The summed E-state index contributed by atoms with van der Waals surface area (Å²) in [4.78, 5) is 16.9. The predicted octanol–water partition coefficient (Wildman–Crippen LogP) is 2.38. The van der Waals surface area contributed by atoms with E-state index < -0.39 is 0 Å². The summed E-state index contributed by atoms with van der Waals surface area (Å²) < 4.78 is 1.64. The van der Waals surface area contributed by atoms with Crippen LogP contribution in [0.5, 0.6) is 0 Å². The Morgan fingerprint density at radius 2 is 2.11 bits per heavy atom. The molecule has 0 aliphatic carbocycles. The van der Waals surface area contributed by atoms with Crippen molar-refractivity contribution in [2.45, 2.75) is 32.7 Å².